The number of amides is 1. The molecule has 7 nitrogen and oxygen atoms in total. The van der Waals surface area contributed by atoms with Crippen LogP contribution in [0, 0.1) is 12.7 Å². The second-order valence-electron chi connectivity index (χ2n) is 13.1. The van der Waals surface area contributed by atoms with E-state index >= 15 is 4.39 Å². The predicted molar refractivity (Wildman–Crippen MR) is 162 cm³/mol. The summed E-state index contributed by atoms with van der Waals surface area (Å²) in [6, 6.07) is 8.82. The summed E-state index contributed by atoms with van der Waals surface area (Å²) in [7, 11) is 0. The highest BCUT2D eigenvalue weighted by Gasteiger charge is 2.40. The van der Waals surface area contributed by atoms with Gasteiger partial charge in [0.05, 0.1) is 22.3 Å². The molecule has 2 aliphatic heterocycles. The van der Waals surface area contributed by atoms with Gasteiger partial charge in [-0.05, 0) is 108 Å². The van der Waals surface area contributed by atoms with E-state index in [1.807, 2.05) is 6.07 Å². The maximum Gasteiger partial charge on any atom is 0.419 e. The Labute approximate surface area is 255 Å². The minimum Gasteiger partial charge on any atom is -0.389 e. The smallest absolute Gasteiger partial charge is 0.389 e. The van der Waals surface area contributed by atoms with Crippen LogP contribution in [-0.2, 0) is 29.2 Å². The molecule has 1 saturated heterocycles. The molecule has 0 aliphatic carbocycles. The summed E-state index contributed by atoms with van der Waals surface area (Å²) in [5.41, 5.74) is 0.821. The highest BCUT2D eigenvalue weighted by atomic mass is 19.4. The summed E-state index contributed by atoms with van der Waals surface area (Å²) >= 11 is 0. The fourth-order valence-electron chi connectivity index (χ4n) is 6.43. The molecule has 1 fully saturated rings. The minimum absolute atomic E-state index is 0.0321. The number of β-amino-alcohol motifs (C(OH)–C–C–N with tert-alkyl or cyclic N) is 1. The number of rotatable bonds is 8. The lowest BCUT2D eigenvalue weighted by Gasteiger charge is -2.35. The molecule has 1 aromatic heterocycles. The van der Waals surface area contributed by atoms with E-state index in [1.165, 1.54) is 0 Å². The molecule has 0 saturated carbocycles. The molecule has 11 heteroatoms. The molecule has 0 spiro atoms. The van der Waals surface area contributed by atoms with Gasteiger partial charge < -0.3 is 20.6 Å². The van der Waals surface area contributed by atoms with Gasteiger partial charge in [-0.3, -0.25) is 4.79 Å². The number of hydrogen-bond acceptors (Lipinski definition) is 6. The first-order valence-electron chi connectivity index (χ1n) is 14.9. The first-order chi connectivity index (χ1) is 20.5. The van der Waals surface area contributed by atoms with Crippen molar-refractivity contribution >= 4 is 23.2 Å². The fraction of sp³-hybridized carbons (Fsp3) is 0.485. The number of aryl methyl sites for hydroxylation is 2. The van der Waals surface area contributed by atoms with Crippen LogP contribution in [0.3, 0.4) is 0 Å². The molecule has 3 aromatic rings. The van der Waals surface area contributed by atoms with Crippen LogP contribution >= 0.6 is 0 Å². The quantitative estimate of drug-likeness (QED) is 0.247. The molecule has 3 N–H and O–H groups in total. The number of aliphatic hydroxyl groups is 1. The van der Waals surface area contributed by atoms with Crippen LogP contribution in [0.4, 0.5) is 34.9 Å². The number of carbonyl (C=O) groups is 1. The molecule has 44 heavy (non-hydrogen) atoms. The summed E-state index contributed by atoms with van der Waals surface area (Å²) in [6.07, 6.45) is -2.18. The zero-order valence-corrected chi connectivity index (χ0v) is 25.7. The van der Waals surface area contributed by atoms with Crippen LogP contribution in [0.5, 0.6) is 0 Å². The zero-order valence-electron chi connectivity index (χ0n) is 25.7. The first-order valence-corrected chi connectivity index (χ1v) is 14.9. The molecule has 0 atom stereocenters. The van der Waals surface area contributed by atoms with Crippen molar-refractivity contribution in [3.05, 3.63) is 75.9 Å². The molecule has 0 unspecified atom stereocenters. The van der Waals surface area contributed by atoms with Crippen molar-refractivity contribution in [2.75, 3.05) is 30.3 Å². The summed E-state index contributed by atoms with van der Waals surface area (Å²) < 4.78 is 57.5. The van der Waals surface area contributed by atoms with E-state index in [4.69, 9.17) is 0 Å². The van der Waals surface area contributed by atoms with E-state index in [0.717, 1.165) is 43.3 Å². The number of benzene rings is 2. The highest BCUT2D eigenvalue weighted by Crippen LogP contribution is 2.41. The van der Waals surface area contributed by atoms with Crippen LogP contribution in [0.25, 0.3) is 0 Å². The lowest BCUT2D eigenvalue weighted by atomic mass is 9.82. The average molecular weight is 614 g/mol. The number of halogens is 4. The van der Waals surface area contributed by atoms with Gasteiger partial charge in [-0.15, -0.1) is 0 Å². The van der Waals surface area contributed by atoms with Crippen LogP contribution in [0.2, 0.25) is 0 Å². The molecule has 1 amide bonds. The van der Waals surface area contributed by atoms with Gasteiger partial charge >= 0.3 is 6.18 Å². The Kier molecular flexibility index (Phi) is 8.50. The SMILES string of the molecule is Cc1c(Nc2ncc(C(F)(F)F)c(CCc3cccc4c3C(C)(C)C(=O)N4)n2)ccc(C2CCN(CC(C)(C)O)CC2)c1F. The number of hydrogen-bond donors (Lipinski definition) is 3. The highest BCUT2D eigenvalue weighted by molar-refractivity contribution is 6.06. The van der Waals surface area contributed by atoms with Crippen molar-refractivity contribution in [2.24, 2.45) is 0 Å². The fourth-order valence-corrected chi connectivity index (χ4v) is 6.43. The Bertz CT molecular complexity index is 1560. The molecule has 2 aliphatic rings. The van der Waals surface area contributed by atoms with Crippen LogP contribution in [0.1, 0.15) is 80.0 Å². The summed E-state index contributed by atoms with van der Waals surface area (Å²) in [6.45, 7) is 10.8. The normalized spacial score (nSPS) is 17.5. The third-order valence-electron chi connectivity index (χ3n) is 8.70. The van der Waals surface area contributed by atoms with E-state index < -0.39 is 22.8 Å². The molecular formula is C33H39F4N5O2. The lowest BCUT2D eigenvalue weighted by Crippen LogP contribution is -2.42. The molecular weight excluding hydrogens is 574 g/mol. The lowest BCUT2D eigenvalue weighted by molar-refractivity contribution is -0.138. The molecule has 3 heterocycles. The Morgan fingerprint density at radius 1 is 1.11 bits per heavy atom. The molecule has 0 radical (unpaired) electrons. The van der Waals surface area contributed by atoms with E-state index in [-0.39, 0.29) is 42.1 Å². The molecule has 5 rings (SSSR count). The maximum absolute atomic E-state index is 15.6. The predicted octanol–water partition coefficient (Wildman–Crippen LogP) is 6.65. The number of alkyl halides is 3. The van der Waals surface area contributed by atoms with Crippen molar-refractivity contribution in [3.8, 4) is 0 Å². The van der Waals surface area contributed by atoms with E-state index in [9.17, 15) is 23.1 Å². The minimum atomic E-state index is -4.66. The molecule has 236 valence electrons. The Hall–Kier alpha value is -3.57. The van der Waals surface area contributed by atoms with Crippen molar-refractivity contribution in [2.45, 2.75) is 83.4 Å². The van der Waals surface area contributed by atoms with Gasteiger partial charge in [0.15, 0.2) is 0 Å². The van der Waals surface area contributed by atoms with Gasteiger partial charge in [0, 0.05) is 29.7 Å². The Balaban J connectivity index is 1.35. The van der Waals surface area contributed by atoms with E-state index in [1.54, 1.807) is 58.9 Å². The second kappa shape index (κ2) is 11.7. The third kappa shape index (κ3) is 6.58. The van der Waals surface area contributed by atoms with E-state index in [2.05, 4.69) is 25.5 Å². The summed E-state index contributed by atoms with van der Waals surface area (Å²) in [5.74, 6) is -0.538. The number of anilines is 3. The average Bonchev–Trinajstić information content (AvgIpc) is 3.17. The van der Waals surface area contributed by atoms with E-state index in [0.29, 0.717) is 29.0 Å². The summed E-state index contributed by atoms with van der Waals surface area (Å²) in [5, 5.41) is 15.9. The van der Waals surface area contributed by atoms with Gasteiger partial charge in [0.2, 0.25) is 11.9 Å². The van der Waals surface area contributed by atoms with Gasteiger partial charge in [-0.25, -0.2) is 14.4 Å². The topological polar surface area (TPSA) is 90.4 Å². The third-order valence-corrected chi connectivity index (χ3v) is 8.70. The number of likely N-dealkylation sites (tertiary alicyclic amines) is 1. The maximum atomic E-state index is 15.6. The number of nitrogens with zero attached hydrogens (tertiary/aromatic N) is 3. The van der Waals surface area contributed by atoms with Crippen molar-refractivity contribution in [1.82, 2.24) is 14.9 Å². The van der Waals surface area contributed by atoms with Crippen LogP contribution in [0.15, 0.2) is 36.5 Å². The Morgan fingerprint density at radius 3 is 2.48 bits per heavy atom. The summed E-state index contributed by atoms with van der Waals surface area (Å²) in [4.78, 5) is 22.8. The van der Waals surface area contributed by atoms with Gasteiger partial charge in [-0.1, -0.05) is 18.2 Å². The van der Waals surface area contributed by atoms with Gasteiger partial charge in [0.25, 0.3) is 0 Å². The zero-order chi connectivity index (χ0) is 32.0. The number of piperidine rings is 1. The molecule has 2 aromatic carbocycles. The number of aromatic nitrogens is 2. The van der Waals surface area contributed by atoms with Gasteiger partial charge in [-0.2, -0.15) is 13.2 Å². The Morgan fingerprint density at radius 2 is 1.82 bits per heavy atom. The number of fused-ring (bicyclic) bond motifs is 1. The number of carbonyl (C=O) groups excluding carboxylic acids is 1. The van der Waals surface area contributed by atoms with Crippen molar-refractivity contribution in [3.63, 3.8) is 0 Å². The van der Waals surface area contributed by atoms with Crippen LogP contribution < -0.4 is 10.6 Å². The second-order valence-corrected chi connectivity index (χ2v) is 13.1. The monoisotopic (exact) mass is 613 g/mol. The first kappa shape index (κ1) is 31.8. The largest absolute Gasteiger partial charge is 0.419 e. The van der Waals surface area contributed by atoms with Crippen LogP contribution in [-0.4, -0.2) is 51.1 Å². The standard InChI is InChI=1S/C33H39F4N5O2/c1-19-24(12-10-22(28(19)34)20-13-15-42(16-14-20)18-31(2,3)44)40-30-38-17-23(33(35,36)37)25(41-30)11-9-21-7-6-8-26-27(21)32(4,5)29(43)39-26/h6-8,10,12,17,20,44H,9,11,13-16,18H2,1-5H3,(H,39,43)(H,38,40,41). The number of nitrogens with one attached hydrogen (secondary N) is 2. The van der Waals surface area contributed by atoms with Gasteiger partial charge in [0.1, 0.15) is 5.82 Å². The van der Waals surface area contributed by atoms with Crippen molar-refractivity contribution < 1.29 is 27.5 Å². The van der Waals surface area contributed by atoms with Crippen molar-refractivity contribution in [1.29, 1.82) is 0 Å². The molecule has 0 bridgehead atoms.